The van der Waals surface area contributed by atoms with Gasteiger partial charge < -0.3 is 10.1 Å². The number of ether oxygens (including phenoxy) is 1. The Morgan fingerprint density at radius 2 is 0.734 bits per heavy atom. The summed E-state index contributed by atoms with van der Waals surface area (Å²) in [5, 5.41) is 31.0. The van der Waals surface area contributed by atoms with Gasteiger partial charge in [-0.1, -0.05) is 138 Å². The number of para-hydroxylation sites is 1. The Bertz CT molecular complexity index is 6980. The van der Waals surface area contributed by atoms with Crippen LogP contribution < -0.4 is 47.9 Å². The molecule has 143 heavy (non-hydrogen) atoms. The zero-order valence-electron chi connectivity index (χ0n) is 77.7. The van der Waals surface area contributed by atoms with Gasteiger partial charge in [-0.2, -0.15) is 26.3 Å². The average molecular weight is 2240 g/mol. The van der Waals surface area contributed by atoms with Crippen molar-refractivity contribution in [2.75, 3.05) is 47.9 Å². The van der Waals surface area contributed by atoms with Crippen LogP contribution in [0.1, 0.15) is 180 Å². The summed E-state index contributed by atoms with van der Waals surface area (Å²) in [6.45, 7) is 24.3. The van der Waals surface area contributed by atoms with Gasteiger partial charge in [0, 0.05) is 108 Å². The molecule has 9 amide bonds. The Morgan fingerprint density at radius 1 is 0.350 bits per heavy atom. The number of aromatic nitrogens is 8. The van der Waals surface area contributed by atoms with E-state index in [2.05, 4.69) is 94.6 Å². The van der Waals surface area contributed by atoms with Crippen molar-refractivity contribution in [3.63, 3.8) is 0 Å². The highest BCUT2D eigenvalue weighted by atomic mass is 35.5. The van der Waals surface area contributed by atoms with Crippen molar-refractivity contribution in [2.24, 2.45) is 0 Å². The van der Waals surface area contributed by atoms with E-state index in [1.54, 1.807) is 125 Å². The van der Waals surface area contributed by atoms with Gasteiger partial charge in [0.2, 0.25) is 5.91 Å². The number of unbranched alkanes of at least 4 members (excludes halogenated alkanes) is 2. The maximum absolute atomic E-state index is 12.6. The molecule has 0 aliphatic heterocycles. The topological polar surface area (TPSA) is 374 Å². The third-order valence-corrected chi connectivity index (χ3v) is 28.7. The van der Waals surface area contributed by atoms with E-state index in [-0.39, 0.29) is 56.9 Å². The van der Waals surface area contributed by atoms with Crippen LogP contribution in [0.3, 0.4) is 0 Å². The number of anilines is 9. The third kappa shape index (κ3) is 38.6. The molecule has 16 rings (SSSR count). The van der Waals surface area contributed by atoms with Gasteiger partial charge in [0.05, 0.1) is 36.5 Å². The number of hydrogen-bond acceptors (Lipinski definition) is 28. The van der Waals surface area contributed by atoms with Crippen molar-refractivity contribution in [1.82, 2.24) is 39.9 Å². The van der Waals surface area contributed by atoms with Gasteiger partial charge in [0.1, 0.15) is 21.1 Å². The Morgan fingerprint density at radius 3 is 1.13 bits per heavy atom. The molecule has 48 heteroatoms. The van der Waals surface area contributed by atoms with Crippen LogP contribution in [0.2, 0.25) is 24.8 Å². The molecule has 16 aromatic rings. The van der Waals surface area contributed by atoms with E-state index in [1.807, 2.05) is 104 Å². The first-order valence-corrected chi connectivity index (χ1v) is 52.2. The number of carbonyl (C=O) groups is 9. The fraction of sp³-hybridized carbons (Fsp3) is 0.211. The van der Waals surface area contributed by atoms with Crippen molar-refractivity contribution >= 4 is 282 Å². The molecule has 0 fully saturated rings. The van der Waals surface area contributed by atoms with Gasteiger partial charge in [0.15, 0.2) is 41.1 Å². The van der Waals surface area contributed by atoms with Crippen LogP contribution in [0.5, 0.6) is 0 Å². The van der Waals surface area contributed by atoms with E-state index < -0.39 is 47.0 Å². The first kappa shape index (κ1) is 115. The number of halogens is 11. The van der Waals surface area contributed by atoms with Gasteiger partial charge in [-0.15, -0.1) is 113 Å². The number of thiophene rings is 2. The minimum absolute atomic E-state index is 0.0221. The molecule has 27 nitrogen and oxygen atoms in total. The molecule has 0 aliphatic rings. The molecular formula is C95H88Cl5F6N17O10S10. The van der Waals surface area contributed by atoms with Gasteiger partial charge >= 0.3 is 18.4 Å². The number of fused-ring (bicyclic) bond motifs is 1. The van der Waals surface area contributed by atoms with Crippen LogP contribution in [0.25, 0.3) is 10.1 Å². The monoisotopic (exact) mass is 2240 g/mol. The lowest BCUT2D eigenvalue weighted by molar-refractivity contribution is -0.138. The predicted molar refractivity (Wildman–Crippen MR) is 571 cm³/mol. The molecule has 10 aromatic heterocycles. The highest BCUT2D eigenvalue weighted by Crippen LogP contribution is 2.36. The molecule has 0 aliphatic carbocycles. The number of nitrogens with one attached hydrogen (secondary N) is 9. The number of amides is 9. The Kier molecular flexibility index (Phi) is 43.8. The summed E-state index contributed by atoms with van der Waals surface area (Å²) < 4.78 is 82.2. The first-order valence-electron chi connectivity index (χ1n) is 42.1. The Balaban J connectivity index is 0.000000183. The van der Waals surface area contributed by atoms with E-state index in [0.29, 0.717) is 99.0 Å². The molecule has 0 atom stereocenters. The SMILES string of the molecule is CCCCCC(=O)Nc1nc(Cl)c(C)s1.Cc1cnc(NC(=O)c2cc3ccccc3s2)s1.Cc1cnc(NC(=O)c2ccc(Cl)c(C)c2)s1.Cc1cnc(NC(=O)c2ccc(Cl)s2)s1.Cc1cnc(NC(=O)c2cccc(C(F)(F)F)c2)s1.Cc1cnc(NC(=O)c2ccccc2NC(=O)OC(C)(C)C)s1.Cc1sc(NC(=O)c2cccc(C(F)(F)F)c2)nc1Cl.Cc1sc(NC(=O)c2ccccc2)nc1Cl. The second kappa shape index (κ2) is 54.7. The summed E-state index contributed by atoms with van der Waals surface area (Å²) in [5.74, 6) is -2.20. The van der Waals surface area contributed by atoms with Crippen LogP contribution in [-0.2, 0) is 21.9 Å². The molecule has 750 valence electrons. The number of benzene rings is 6. The molecular weight excluding hydrogens is 2150 g/mol. The minimum atomic E-state index is -4.49. The molecule has 0 unspecified atom stereocenters. The maximum Gasteiger partial charge on any atom is 0.416 e. The summed E-state index contributed by atoms with van der Waals surface area (Å²) in [6, 6.07) is 42.6. The van der Waals surface area contributed by atoms with Crippen LogP contribution >= 0.6 is 171 Å². The molecule has 0 saturated heterocycles. The average Bonchev–Trinajstić information content (AvgIpc) is 1.56. The first-order chi connectivity index (χ1) is 67.6. The van der Waals surface area contributed by atoms with Crippen molar-refractivity contribution in [1.29, 1.82) is 0 Å². The fourth-order valence-corrected chi connectivity index (χ4v) is 19.2. The highest BCUT2D eigenvalue weighted by Gasteiger charge is 2.33. The van der Waals surface area contributed by atoms with Gasteiger partial charge in [0.25, 0.3) is 41.4 Å². The summed E-state index contributed by atoms with van der Waals surface area (Å²) in [4.78, 5) is 148. The summed E-state index contributed by atoms with van der Waals surface area (Å²) in [6.07, 6.45) is 2.61. The van der Waals surface area contributed by atoms with Crippen molar-refractivity contribution in [3.8, 4) is 0 Å². The molecule has 10 heterocycles. The highest BCUT2D eigenvalue weighted by molar-refractivity contribution is 7.21. The zero-order valence-corrected chi connectivity index (χ0v) is 89.6. The van der Waals surface area contributed by atoms with Crippen molar-refractivity contribution in [2.45, 2.75) is 134 Å². The van der Waals surface area contributed by atoms with E-state index in [1.165, 1.54) is 126 Å². The summed E-state index contributed by atoms with van der Waals surface area (Å²) >= 11 is 42.7. The Labute approximate surface area is 882 Å². The van der Waals surface area contributed by atoms with Crippen LogP contribution in [0.15, 0.2) is 195 Å². The number of alkyl halides is 6. The summed E-state index contributed by atoms with van der Waals surface area (Å²) in [5.41, 5.74) is 0.305. The van der Waals surface area contributed by atoms with Crippen LogP contribution in [0, 0.1) is 62.3 Å². The minimum Gasteiger partial charge on any atom is -0.444 e. The largest absolute Gasteiger partial charge is 0.444 e. The lowest BCUT2D eigenvalue weighted by Gasteiger charge is -2.20. The number of thiazole rings is 8. The molecule has 0 saturated carbocycles. The van der Waals surface area contributed by atoms with Crippen LogP contribution in [-0.4, -0.2) is 98.8 Å². The third-order valence-electron chi connectivity index (χ3n) is 17.7. The van der Waals surface area contributed by atoms with Gasteiger partial charge in [-0.3, -0.25) is 80.9 Å². The molecule has 0 radical (unpaired) electrons. The zero-order chi connectivity index (χ0) is 105. The van der Waals surface area contributed by atoms with E-state index >= 15 is 0 Å². The molecule has 6 aromatic carbocycles. The van der Waals surface area contributed by atoms with Crippen molar-refractivity contribution in [3.05, 3.63) is 313 Å². The van der Waals surface area contributed by atoms with E-state index in [4.69, 9.17) is 62.7 Å². The van der Waals surface area contributed by atoms with Crippen LogP contribution in [0.4, 0.5) is 77.9 Å². The smallest absolute Gasteiger partial charge is 0.416 e. The van der Waals surface area contributed by atoms with E-state index in [9.17, 15) is 69.5 Å². The van der Waals surface area contributed by atoms with E-state index in [0.717, 1.165) is 105 Å². The van der Waals surface area contributed by atoms with Gasteiger partial charge in [-0.05, 0) is 204 Å². The number of nitrogens with zero attached hydrogens (tertiary/aromatic N) is 8. The summed E-state index contributed by atoms with van der Waals surface area (Å²) in [7, 11) is 0. The van der Waals surface area contributed by atoms with Crippen molar-refractivity contribution < 1.29 is 74.2 Å². The Hall–Kier alpha value is -11.9. The molecule has 0 spiro atoms. The quantitative estimate of drug-likeness (QED) is 0.0253. The second-order valence-electron chi connectivity index (χ2n) is 30.6. The lowest BCUT2D eigenvalue weighted by Crippen LogP contribution is -2.28. The normalized spacial score (nSPS) is 10.7. The van der Waals surface area contributed by atoms with Gasteiger partial charge in [-0.25, -0.2) is 44.7 Å². The predicted octanol–water partition coefficient (Wildman–Crippen LogP) is 30.1. The standard InChI is InChI=1S/C16H19N3O3S.C13H10N2OS2.C12H8ClF3N2OS.C12H11ClN2OS.C12H9F3N2OS.C11H9ClN2OS.C10H15ClN2OS.C9H7ClN2OS2/c1-10-9-17-14(23-10)19-13(20)11-7-5-6-8-12(11)18-15(21)22-16(2,3)4;1-8-7-14-13(17-8)15-12(16)11-6-9-4-2-3-5-10(9)18-11;1-6-9(13)17-11(20-6)18-10(19)7-3-2-4-8(5-7)12(14,15)16;1-7-5-9(3-4-10(7)13)11(16)15-12-14-6-8(2)17-12;1-7-6-16-11(19-7)17-10(18)8-3-2-4-9(5-8)12(13,14)15;1-7-9(12)13-11(16-7)14-10(15)8-5-3-2-4-6-8;1-3-4-5-6-8(14)12-10-13-9(11)7(2)15-10;1-5-4-11-9(14-5)12-8(13)6-2-3-7(10)15-6/h5-9H,1-4H3,(H,18,21)(H,17,19,20);2-7H,1H3,(H,14,15,16);2-5H,1H3,(H,17,18,19);3-6H,1-2H3,(H,14,15,16);2-6H,1H3,(H,16,17,18);2-6H,1H3,(H,13,14,15);3-6H2,1-2H3,(H,12,13,14);2-4H,1H3,(H,11,12,13). The molecule has 9 N–H and O–H groups in total. The number of rotatable bonds is 20. The number of carbonyl (C=O) groups excluding carboxylic acids is 9. The number of hydrogen-bond donors (Lipinski definition) is 9. The number of aryl methyl sites for hydroxylation is 9. The lowest BCUT2D eigenvalue weighted by atomic mass is 10.1. The molecule has 0 bridgehead atoms. The fourth-order valence-electron chi connectivity index (χ4n) is 11.0. The second-order valence-corrected chi connectivity index (χ2v) is 44.6. The maximum atomic E-state index is 12.6.